The molecule has 3 rings (SSSR count). The summed E-state index contributed by atoms with van der Waals surface area (Å²) in [6.45, 7) is 0.678. The Hall–Kier alpha value is -3.72. The van der Waals surface area contributed by atoms with Crippen LogP contribution in [0.2, 0.25) is 0 Å². The standard InChI is InChI=1S/C22H23N3O6/c1-23(2)10-11-24-19(14-6-4-8-16(12-14)25(29)30)18(21(27)22(24)28)20(26)15-7-5-9-17(13-15)31-3/h4-9,12-13,19,26H,10-11H2,1-3H3/b20-18+/t19-/m1/s1. The minimum atomic E-state index is -0.953. The molecule has 1 atom stereocenters. The van der Waals surface area contributed by atoms with E-state index in [0.717, 1.165) is 0 Å². The summed E-state index contributed by atoms with van der Waals surface area (Å²) in [5.74, 6) is -1.49. The molecule has 0 spiro atoms. The number of carbonyl (C=O) groups is 2. The Labute approximate surface area is 179 Å². The van der Waals surface area contributed by atoms with Crippen molar-refractivity contribution in [1.82, 2.24) is 9.80 Å². The van der Waals surface area contributed by atoms with Gasteiger partial charge >= 0.3 is 0 Å². The number of aliphatic hydroxyl groups is 1. The first-order valence-corrected chi connectivity index (χ1v) is 9.56. The highest BCUT2D eigenvalue weighted by Gasteiger charge is 2.46. The van der Waals surface area contributed by atoms with E-state index in [4.69, 9.17) is 4.74 Å². The molecule has 1 N–H and O–H groups in total. The molecule has 1 fully saturated rings. The fraction of sp³-hybridized carbons (Fsp3) is 0.273. The SMILES string of the molecule is COc1cccc(/C(O)=C2\C(=O)C(=O)N(CCN(C)C)[C@@H]2c2cccc([N+](=O)[O-])c2)c1. The Balaban J connectivity index is 2.19. The van der Waals surface area contributed by atoms with Crippen LogP contribution in [0.4, 0.5) is 5.69 Å². The number of carbonyl (C=O) groups excluding carboxylic acids is 2. The molecule has 0 aromatic heterocycles. The summed E-state index contributed by atoms with van der Waals surface area (Å²) in [6, 6.07) is 11.3. The number of nitro groups is 1. The van der Waals surface area contributed by atoms with Gasteiger partial charge in [-0.05, 0) is 31.8 Å². The van der Waals surface area contributed by atoms with Gasteiger partial charge in [-0.15, -0.1) is 0 Å². The molecule has 0 saturated carbocycles. The van der Waals surface area contributed by atoms with E-state index in [-0.39, 0.29) is 23.6 Å². The molecule has 9 nitrogen and oxygen atoms in total. The number of aliphatic hydroxyl groups excluding tert-OH is 1. The van der Waals surface area contributed by atoms with Crippen molar-refractivity contribution in [3.8, 4) is 5.75 Å². The zero-order valence-electron chi connectivity index (χ0n) is 17.4. The smallest absolute Gasteiger partial charge is 0.295 e. The lowest BCUT2D eigenvalue weighted by Gasteiger charge is -2.26. The van der Waals surface area contributed by atoms with Crippen molar-refractivity contribution in [1.29, 1.82) is 0 Å². The van der Waals surface area contributed by atoms with Gasteiger partial charge in [0, 0.05) is 30.8 Å². The zero-order valence-corrected chi connectivity index (χ0v) is 17.4. The van der Waals surface area contributed by atoms with E-state index >= 15 is 0 Å². The van der Waals surface area contributed by atoms with Crippen molar-refractivity contribution < 1.29 is 24.4 Å². The number of ketones is 1. The first-order chi connectivity index (χ1) is 14.7. The Morgan fingerprint density at radius 2 is 1.90 bits per heavy atom. The van der Waals surface area contributed by atoms with E-state index in [1.807, 2.05) is 19.0 Å². The van der Waals surface area contributed by atoms with Gasteiger partial charge in [0.25, 0.3) is 17.4 Å². The molecule has 0 aliphatic carbocycles. The fourth-order valence-corrected chi connectivity index (χ4v) is 3.50. The van der Waals surface area contributed by atoms with Gasteiger partial charge in [0.05, 0.1) is 23.6 Å². The minimum Gasteiger partial charge on any atom is -0.507 e. The molecule has 2 aromatic rings. The molecule has 1 aliphatic heterocycles. The molecule has 31 heavy (non-hydrogen) atoms. The van der Waals surface area contributed by atoms with Gasteiger partial charge < -0.3 is 19.6 Å². The van der Waals surface area contributed by atoms with Crippen LogP contribution in [-0.2, 0) is 9.59 Å². The fourth-order valence-electron chi connectivity index (χ4n) is 3.50. The highest BCUT2D eigenvalue weighted by atomic mass is 16.6. The first kappa shape index (κ1) is 22.0. The number of nitrogens with zero attached hydrogens (tertiary/aromatic N) is 3. The van der Waals surface area contributed by atoms with Crippen LogP contribution in [0.1, 0.15) is 17.2 Å². The molecule has 2 aromatic carbocycles. The average molecular weight is 425 g/mol. The largest absolute Gasteiger partial charge is 0.507 e. The van der Waals surface area contributed by atoms with Gasteiger partial charge in [0.15, 0.2) is 0 Å². The van der Waals surface area contributed by atoms with Crippen LogP contribution >= 0.6 is 0 Å². The van der Waals surface area contributed by atoms with Gasteiger partial charge in [-0.2, -0.15) is 0 Å². The van der Waals surface area contributed by atoms with Crippen molar-refractivity contribution in [3.05, 3.63) is 75.3 Å². The third-order valence-electron chi connectivity index (χ3n) is 5.07. The molecule has 1 saturated heterocycles. The Morgan fingerprint density at radius 1 is 1.19 bits per heavy atom. The van der Waals surface area contributed by atoms with Gasteiger partial charge in [-0.3, -0.25) is 19.7 Å². The number of hydrogen-bond acceptors (Lipinski definition) is 7. The van der Waals surface area contributed by atoms with Crippen molar-refractivity contribution in [2.45, 2.75) is 6.04 Å². The highest BCUT2D eigenvalue weighted by molar-refractivity contribution is 6.46. The summed E-state index contributed by atoms with van der Waals surface area (Å²) >= 11 is 0. The maximum atomic E-state index is 12.9. The number of hydrogen-bond donors (Lipinski definition) is 1. The number of Topliss-reactive ketones (excluding diaryl/α,β-unsaturated/α-hetero) is 1. The quantitative estimate of drug-likeness (QED) is 0.238. The topological polar surface area (TPSA) is 113 Å². The third-order valence-corrected chi connectivity index (χ3v) is 5.07. The molecule has 0 unspecified atom stereocenters. The number of rotatable bonds is 7. The number of methoxy groups -OCH3 is 1. The number of ether oxygens (including phenoxy) is 1. The number of non-ortho nitro benzene ring substituents is 1. The number of benzene rings is 2. The molecule has 9 heteroatoms. The summed E-state index contributed by atoms with van der Waals surface area (Å²) in [5, 5.41) is 22.3. The van der Waals surface area contributed by atoms with Crippen molar-refractivity contribution >= 4 is 23.1 Å². The lowest BCUT2D eigenvalue weighted by atomic mass is 9.95. The highest BCUT2D eigenvalue weighted by Crippen LogP contribution is 2.40. The third kappa shape index (κ3) is 4.41. The summed E-state index contributed by atoms with van der Waals surface area (Å²) in [7, 11) is 5.13. The predicted molar refractivity (Wildman–Crippen MR) is 114 cm³/mol. The average Bonchev–Trinajstić information content (AvgIpc) is 3.02. The molecule has 1 amide bonds. The van der Waals surface area contributed by atoms with Gasteiger partial charge in [-0.25, -0.2) is 0 Å². The van der Waals surface area contributed by atoms with Crippen molar-refractivity contribution in [3.63, 3.8) is 0 Å². The van der Waals surface area contributed by atoms with E-state index in [9.17, 15) is 24.8 Å². The second kappa shape index (κ2) is 8.97. The molecule has 162 valence electrons. The van der Waals surface area contributed by atoms with Gasteiger partial charge in [-0.1, -0.05) is 24.3 Å². The van der Waals surface area contributed by atoms with E-state index in [2.05, 4.69) is 0 Å². The first-order valence-electron chi connectivity index (χ1n) is 9.56. The summed E-state index contributed by atoms with van der Waals surface area (Å²) in [6.07, 6.45) is 0. The second-order valence-electron chi connectivity index (χ2n) is 7.38. The molecule has 1 aliphatic rings. The Bertz CT molecular complexity index is 1060. The van der Waals surface area contributed by atoms with Crippen LogP contribution in [0, 0.1) is 10.1 Å². The maximum absolute atomic E-state index is 12.9. The number of nitro benzene ring substituents is 1. The molecular formula is C22H23N3O6. The summed E-state index contributed by atoms with van der Waals surface area (Å²) < 4.78 is 5.18. The molecule has 0 bridgehead atoms. The van der Waals surface area contributed by atoms with Gasteiger partial charge in [0.2, 0.25) is 0 Å². The molecular weight excluding hydrogens is 402 g/mol. The van der Waals surface area contributed by atoms with Gasteiger partial charge in [0.1, 0.15) is 11.5 Å². The Morgan fingerprint density at radius 3 is 2.55 bits per heavy atom. The Kier molecular flexibility index (Phi) is 6.36. The zero-order chi connectivity index (χ0) is 22.7. The van der Waals surface area contributed by atoms with E-state index < -0.39 is 22.7 Å². The molecule has 0 radical (unpaired) electrons. The number of amides is 1. The van der Waals surface area contributed by atoms with Crippen LogP contribution in [0.15, 0.2) is 54.1 Å². The summed E-state index contributed by atoms with van der Waals surface area (Å²) in [4.78, 5) is 39.7. The van der Waals surface area contributed by atoms with Crippen molar-refractivity contribution in [2.75, 3.05) is 34.3 Å². The van der Waals surface area contributed by atoms with Crippen LogP contribution in [-0.4, -0.2) is 65.8 Å². The maximum Gasteiger partial charge on any atom is 0.295 e. The summed E-state index contributed by atoms with van der Waals surface area (Å²) in [5.41, 5.74) is 0.395. The van der Waals surface area contributed by atoms with E-state index in [1.165, 1.54) is 30.2 Å². The van der Waals surface area contributed by atoms with Crippen LogP contribution in [0.25, 0.3) is 5.76 Å². The lowest BCUT2D eigenvalue weighted by Crippen LogP contribution is -2.35. The normalized spacial score (nSPS) is 17.9. The van der Waals surface area contributed by atoms with E-state index in [1.54, 1.807) is 30.3 Å². The van der Waals surface area contributed by atoms with E-state index in [0.29, 0.717) is 23.4 Å². The van der Waals surface area contributed by atoms with Crippen LogP contribution in [0.3, 0.4) is 0 Å². The van der Waals surface area contributed by atoms with Crippen LogP contribution in [0.5, 0.6) is 5.75 Å². The van der Waals surface area contributed by atoms with Crippen LogP contribution < -0.4 is 4.74 Å². The number of likely N-dealkylation sites (N-methyl/N-ethyl adjacent to an activating group) is 1. The minimum absolute atomic E-state index is 0.113. The lowest BCUT2D eigenvalue weighted by molar-refractivity contribution is -0.384. The van der Waals surface area contributed by atoms with Crippen molar-refractivity contribution in [2.24, 2.45) is 0 Å². The monoisotopic (exact) mass is 425 g/mol. The second-order valence-corrected chi connectivity index (χ2v) is 7.38. The number of likely N-dealkylation sites (tertiary alicyclic amines) is 1. The molecule has 1 heterocycles. The predicted octanol–water partition coefficient (Wildman–Crippen LogP) is 2.59.